The second kappa shape index (κ2) is 7.04. The molecular formula is C14H25N2S+. The molecule has 2 nitrogen and oxygen atoms in total. The maximum Gasteiger partial charge on any atom is 0.0921 e. The van der Waals surface area contributed by atoms with Crippen LogP contribution >= 0.6 is 11.9 Å². The molecule has 2 rings (SSSR count). The Morgan fingerprint density at radius 3 is 2.06 bits per heavy atom. The van der Waals surface area contributed by atoms with E-state index < -0.39 is 0 Å². The summed E-state index contributed by atoms with van der Waals surface area (Å²) in [5, 5.41) is 0. The number of likely N-dealkylation sites (N-methyl/N-ethyl adjacent to an activating group) is 1. The zero-order chi connectivity index (χ0) is 12.7. The monoisotopic (exact) mass is 253 g/mol. The molecule has 1 aromatic carbocycles. The molecule has 1 aliphatic rings. The Morgan fingerprint density at radius 1 is 1.00 bits per heavy atom. The minimum atomic E-state index is 1.16. The van der Waals surface area contributed by atoms with Crippen molar-refractivity contribution in [1.82, 2.24) is 4.31 Å². The Bertz CT molecular complexity index is 301. The third-order valence-corrected chi connectivity index (χ3v) is 3.99. The van der Waals surface area contributed by atoms with Crippen molar-refractivity contribution in [3.8, 4) is 0 Å². The number of piperazine rings is 1. The van der Waals surface area contributed by atoms with Gasteiger partial charge in [-0.1, -0.05) is 32.0 Å². The van der Waals surface area contributed by atoms with E-state index in [1.54, 1.807) is 0 Å². The van der Waals surface area contributed by atoms with Crippen molar-refractivity contribution in [2.45, 2.75) is 18.7 Å². The SMILES string of the molecule is CC.C[N+]1(C)CCN(Sc2ccccc2)CC1. The van der Waals surface area contributed by atoms with Crippen LogP contribution in [0.4, 0.5) is 0 Å². The highest BCUT2D eigenvalue weighted by Gasteiger charge is 2.24. The second-order valence-corrected chi connectivity index (χ2v) is 5.89. The van der Waals surface area contributed by atoms with Crippen LogP contribution in [0.2, 0.25) is 0 Å². The fourth-order valence-electron chi connectivity index (χ4n) is 1.71. The average molecular weight is 253 g/mol. The van der Waals surface area contributed by atoms with Gasteiger partial charge < -0.3 is 4.48 Å². The van der Waals surface area contributed by atoms with E-state index in [0.717, 1.165) is 4.48 Å². The minimum absolute atomic E-state index is 1.16. The lowest BCUT2D eigenvalue weighted by molar-refractivity contribution is -0.893. The number of hydrogen-bond donors (Lipinski definition) is 0. The third kappa shape index (κ3) is 5.11. The first-order chi connectivity index (χ1) is 8.16. The lowest BCUT2D eigenvalue weighted by Gasteiger charge is -2.38. The van der Waals surface area contributed by atoms with Crippen LogP contribution in [0.1, 0.15) is 13.8 Å². The molecule has 1 aliphatic heterocycles. The van der Waals surface area contributed by atoms with Gasteiger partial charge in [0, 0.05) is 4.90 Å². The highest BCUT2D eigenvalue weighted by Crippen LogP contribution is 2.24. The summed E-state index contributed by atoms with van der Waals surface area (Å²) in [6.07, 6.45) is 0. The topological polar surface area (TPSA) is 3.24 Å². The number of hydrogen-bond acceptors (Lipinski definition) is 2. The summed E-state index contributed by atoms with van der Waals surface area (Å²) in [5.74, 6) is 0. The molecule has 1 heterocycles. The fourth-order valence-corrected chi connectivity index (χ4v) is 2.63. The first-order valence-corrected chi connectivity index (χ1v) is 7.23. The van der Waals surface area contributed by atoms with Crippen molar-refractivity contribution < 1.29 is 4.48 Å². The molecule has 0 saturated carbocycles. The van der Waals surface area contributed by atoms with Gasteiger partial charge in [0.25, 0.3) is 0 Å². The smallest absolute Gasteiger partial charge is 0.0921 e. The van der Waals surface area contributed by atoms with Gasteiger partial charge in [0.1, 0.15) is 0 Å². The third-order valence-electron chi connectivity index (χ3n) is 2.89. The maximum absolute atomic E-state index is 2.47. The van der Waals surface area contributed by atoms with Crippen molar-refractivity contribution in [1.29, 1.82) is 0 Å². The predicted octanol–water partition coefficient (Wildman–Crippen LogP) is 3.11. The van der Waals surface area contributed by atoms with Gasteiger partial charge in [0.15, 0.2) is 0 Å². The van der Waals surface area contributed by atoms with Crippen LogP contribution in [0, 0.1) is 0 Å². The van der Waals surface area contributed by atoms with Crippen molar-refractivity contribution in [3.63, 3.8) is 0 Å². The Kier molecular flexibility index (Phi) is 6.03. The molecule has 0 atom stereocenters. The standard InChI is InChI=1S/C12H19N2S.C2H6/c1-14(2)10-8-13(9-11-14)15-12-6-4-3-5-7-12;1-2/h3-7H,8-11H2,1-2H3;1-2H3/q+1;. The van der Waals surface area contributed by atoms with E-state index in [9.17, 15) is 0 Å². The molecule has 3 heteroatoms. The normalized spacial score (nSPS) is 19.3. The van der Waals surface area contributed by atoms with E-state index in [4.69, 9.17) is 0 Å². The largest absolute Gasteiger partial charge is 0.326 e. The first-order valence-electron chi connectivity index (χ1n) is 6.46. The van der Waals surface area contributed by atoms with Gasteiger partial charge in [0.05, 0.1) is 40.3 Å². The summed E-state index contributed by atoms with van der Waals surface area (Å²) in [7, 11) is 4.62. The van der Waals surface area contributed by atoms with E-state index in [2.05, 4.69) is 48.7 Å². The van der Waals surface area contributed by atoms with E-state index in [1.165, 1.54) is 31.1 Å². The quantitative estimate of drug-likeness (QED) is 0.588. The summed E-state index contributed by atoms with van der Waals surface area (Å²) in [4.78, 5) is 1.35. The highest BCUT2D eigenvalue weighted by molar-refractivity contribution is 7.97. The Hall–Kier alpha value is -0.510. The van der Waals surface area contributed by atoms with Crippen molar-refractivity contribution in [2.75, 3.05) is 40.3 Å². The van der Waals surface area contributed by atoms with E-state index >= 15 is 0 Å². The van der Waals surface area contributed by atoms with E-state index in [0.29, 0.717) is 0 Å². The molecule has 0 spiro atoms. The summed E-state index contributed by atoms with van der Waals surface area (Å²) in [6.45, 7) is 8.87. The first kappa shape index (κ1) is 14.6. The molecule has 0 radical (unpaired) electrons. The maximum atomic E-state index is 2.47. The van der Waals surface area contributed by atoms with Crippen LogP contribution in [0.15, 0.2) is 35.2 Å². The molecule has 0 aromatic heterocycles. The van der Waals surface area contributed by atoms with Gasteiger partial charge in [-0.3, -0.25) is 0 Å². The molecule has 96 valence electrons. The molecule has 0 unspecified atom stereocenters. The summed E-state index contributed by atoms with van der Waals surface area (Å²) in [5.41, 5.74) is 0. The van der Waals surface area contributed by atoms with Gasteiger partial charge in [0.2, 0.25) is 0 Å². The molecule has 0 amide bonds. The zero-order valence-electron chi connectivity index (χ0n) is 11.5. The van der Waals surface area contributed by atoms with Crippen molar-refractivity contribution in [2.24, 2.45) is 0 Å². The zero-order valence-corrected chi connectivity index (χ0v) is 12.3. The minimum Gasteiger partial charge on any atom is -0.326 e. The van der Waals surface area contributed by atoms with Gasteiger partial charge in [-0.15, -0.1) is 0 Å². The molecular weight excluding hydrogens is 228 g/mol. The lowest BCUT2D eigenvalue weighted by atomic mass is 10.3. The Labute approximate surface area is 110 Å². The van der Waals surface area contributed by atoms with Gasteiger partial charge in [-0.2, -0.15) is 0 Å². The molecule has 1 fully saturated rings. The summed E-state index contributed by atoms with van der Waals surface area (Å²) >= 11 is 1.89. The molecule has 0 aliphatic carbocycles. The van der Waals surface area contributed by atoms with Crippen LogP contribution in [0.25, 0.3) is 0 Å². The number of nitrogens with zero attached hydrogens (tertiary/aromatic N) is 2. The molecule has 1 saturated heterocycles. The Morgan fingerprint density at radius 2 is 1.53 bits per heavy atom. The van der Waals surface area contributed by atoms with Crippen molar-refractivity contribution in [3.05, 3.63) is 30.3 Å². The highest BCUT2D eigenvalue weighted by atomic mass is 32.2. The van der Waals surface area contributed by atoms with E-state index in [1.807, 2.05) is 25.8 Å². The van der Waals surface area contributed by atoms with Gasteiger partial charge in [-0.05, 0) is 24.1 Å². The van der Waals surface area contributed by atoms with Crippen LogP contribution in [-0.4, -0.2) is 49.1 Å². The van der Waals surface area contributed by atoms with Crippen LogP contribution in [-0.2, 0) is 0 Å². The van der Waals surface area contributed by atoms with Gasteiger partial charge in [-0.25, -0.2) is 4.31 Å². The molecule has 1 aromatic rings. The molecule has 0 N–H and O–H groups in total. The second-order valence-electron chi connectivity index (χ2n) is 4.72. The summed E-state index contributed by atoms with van der Waals surface area (Å²) < 4.78 is 3.63. The van der Waals surface area contributed by atoms with E-state index in [-0.39, 0.29) is 0 Å². The van der Waals surface area contributed by atoms with Crippen LogP contribution in [0.5, 0.6) is 0 Å². The van der Waals surface area contributed by atoms with Gasteiger partial charge >= 0.3 is 0 Å². The lowest BCUT2D eigenvalue weighted by Crippen LogP contribution is -2.52. The summed E-state index contributed by atoms with van der Waals surface area (Å²) in [6, 6.07) is 10.6. The number of quaternary nitrogens is 1. The number of benzene rings is 1. The average Bonchev–Trinajstić information content (AvgIpc) is 2.36. The fraction of sp³-hybridized carbons (Fsp3) is 0.571. The molecule has 0 bridgehead atoms. The predicted molar refractivity (Wildman–Crippen MR) is 77.1 cm³/mol. The molecule has 17 heavy (non-hydrogen) atoms. The van der Waals surface area contributed by atoms with Crippen molar-refractivity contribution >= 4 is 11.9 Å². The van der Waals surface area contributed by atoms with Crippen LogP contribution in [0.3, 0.4) is 0 Å². The Balaban J connectivity index is 0.000000686. The van der Waals surface area contributed by atoms with Crippen LogP contribution < -0.4 is 0 Å². The number of rotatable bonds is 2.